The minimum atomic E-state index is -0.476. The minimum absolute atomic E-state index is 0.0169. The molecule has 1 aromatic rings. The molecule has 0 unspecified atom stereocenters. The lowest BCUT2D eigenvalue weighted by molar-refractivity contribution is -0.149. The van der Waals surface area contributed by atoms with Crippen LogP contribution in [0.3, 0.4) is 0 Å². The van der Waals surface area contributed by atoms with Gasteiger partial charge in [-0.2, -0.15) is 0 Å². The molecule has 0 bridgehead atoms. The van der Waals surface area contributed by atoms with Gasteiger partial charge in [-0.25, -0.2) is 4.79 Å². The number of hydrogen-bond donors (Lipinski definition) is 3. The predicted molar refractivity (Wildman–Crippen MR) is 128 cm³/mol. The molecule has 8 nitrogen and oxygen atoms in total. The Labute approximate surface area is 201 Å². The minimum Gasteiger partial charge on any atom is -0.487 e. The van der Waals surface area contributed by atoms with Crippen LogP contribution in [0, 0.1) is 0 Å². The number of anilines is 1. The van der Waals surface area contributed by atoms with Crippen molar-refractivity contribution < 1.29 is 24.2 Å². The molecule has 4 aliphatic rings. The van der Waals surface area contributed by atoms with E-state index in [1.54, 1.807) is 0 Å². The third-order valence-corrected chi connectivity index (χ3v) is 7.81. The van der Waals surface area contributed by atoms with E-state index in [0.717, 1.165) is 55.8 Å². The number of fused-ring (bicyclic) bond motifs is 3. The van der Waals surface area contributed by atoms with Crippen LogP contribution < -0.4 is 15.4 Å². The van der Waals surface area contributed by atoms with Gasteiger partial charge in [-0.1, -0.05) is 19.3 Å². The summed E-state index contributed by atoms with van der Waals surface area (Å²) in [6.45, 7) is 1.49. The first-order valence-corrected chi connectivity index (χ1v) is 13.0. The maximum absolute atomic E-state index is 12.8. The number of carbonyl (C=O) groups excluding carboxylic acids is 2. The molecule has 186 valence electrons. The van der Waals surface area contributed by atoms with Crippen LogP contribution in [0.25, 0.3) is 0 Å². The third-order valence-electron chi connectivity index (χ3n) is 7.81. The number of rotatable bonds is 5. The van der Waals surface area contributed by atoms with Crippen molar-refractivity contribution in [1.29, 1.82) is 0 Å². The van der Waals surface area contributed by atoms with Crippen molar-refractivity contribution in [3.05, 3.63) is 23.8 Å². The number of aliphatic hydroxyl groups is 1. The molecule has 5 rings (SSSR count). The normalized spacial score (nSPS) is 29.0. The van der Waals surface area contributed by atoms with Gasteiger partial charge in [-0.15, -0.1) is 0 Å². The number of hydrogen-bond acceptors (Lipinski definition) is 5. The summed E-state index contributed by atoms with van der Waals surface area (Å²) in [6, 6.07) is 5.78. The molecule has 0 aromatic heterocycles. The summed E-state index contributed by atoms with van der Waals surface area (Å²) in [5.74, 6) is 0.912. The second-order valence-corrected chi connectivity index (χ2v) is 10.2. The first-order chi connectivity index (χ1) is 16.6. The number of piperidine rings is 1. The molecule has 34 heavy (non-hydrogen) atoms. The molecule has 0 radical (unpaired) electrons. The monoisotopic (exact) mass is 471 g/mol. The average Bonchev–Trinajstić information content (AvgIpc) is 3.22. The third kappa shape index (κ3) is 5.18. The molecule has 2 saturated heterocycles. The van der Waals surface area contributed by atoms with Gasteiger partial charge in [0.1, 0.15) is 18.0 Å². The fourth-order valence-electron chi connectivity index (χ4n) is 6.03. The molecule has 3 aliphatic heterocycles. The van der Waals surface area contributed by atoms with E-state index in [1.165, 1.54) is 25.7 Å². The predicted octanol–water partition coefficient (Wildman–Crippen LogP) is 3.54. The first-order valence-electron chi connectivity index (χ1n) is 13.0. The van der Waals surface area contributed by atoms with Crippen molar-refractivity contribution in [3.8, 4) is 5.75 Å². The van der Waals surface area contributed by atoms with Crippen LogP contribution >= 0.6 is 0 Å². The summed E-state index contributed by atoms with van der Waals surface area (Å²) >= 11 is 0. The van der Waals surface area contributed by atoms with Crippen LogP contribution in [0.2, 0.25) is 0 Å². The van der Waals surface area contributed by atoms with E-state index in [0.29, 0.717) is 12.8 Å². The Hall–Kier alpha value is -2.32. The zero-order valence-electron chi connectivity index (χ0n) is 19.8. The average molecular weight is 472 g/mol. The molecule has 8 heteroatoms. The van der Waals surface area contributed by atoms with Gasteiger partial charge >= 0.3 is 6.03 Å². The van der Waals surface area contributed by atoms with Crippen LogP contribution in [-0.4, -0.2) is 66.0 Å². The Morgan fingerprint density at radius 1 is 1.06 bits per heavy atom. The Kier molecular flexibility index (Phi) is 7.25. The van der Waals surface area contributed by atoms with Crippen LogP contribution in [0.5, 0.6) is 5.75 Å². The van der Waals surface area contributed by atoms with Gasteiger partial charge in [0.2, 0.25) is 5.91 Å². The molecule has 1 saturated carbocycles. The fraction of sp³-hybridized carbons (Fsp3) is 0.692. The molecule has 3 N–H and O–H groups in total. The largest absolute Gasteiger partial charge is 0.487 e. The Morgan fingerprint density at radius 3 is 2.59 bits per heavy atom. The summed E-state index contributed by atoms with van der Waals surface area (Å²) in [5.41, 5.74) is 1.74. The summed E-state index contributed by atoms with van der Waals surface area (Å²) in [7, 11) is 0. The number of likely N-dealkylation sites (tertiary alicyclic amines) is 1. The van der Waals surface area contributed by atoms with Gasteiger partial charge in [-0.3, -0.25) is 4.79 Å². The van der Waals surface area contributed by atoms with Crippen molar-refractivity contribution >= 4 is 17.6 Å². The maximum atomic E-state index is 12.8. The lowest BCUT2D eigenvalue weighted by Crippen LogP contribution is -2.48. The number of nitrogens with zero attached hydrogens (tertiary/aromatic N) is 1. The second kappa shape index (κ2) is 10.5. The van der Waals surface area contributed by atoms with Gasteiger partial charge in [0.25, 0.3) is 0 Å². The van der Waals surface area contributed by atoms with Crippen molar-refractivity contribution in [1.82, 2.24) is 10.2 Å². The van der Waals surface area contributed by atoms with Crippen LogP contribution in [0.4, 0.5) is 10.5 Å². The van der Waals surface area contributed by atoms with E-state index in [4.69, 9.17) is 9.47 Å². The van der Waals surface area contributed by atoms with E-state index < -0.39 is 6.10 Å². The molecule has 4 atom stereocenters. The molecule has 1 aliphatic carbocycles. The standard InChI is InChI=1S/C26H37N3O5/c30-16-23-25-21(14-19(33-23)15-24(31)29-11-5-2-6-12-29)20-13-18(9-10-22(20)34-25)28-26(32)27-17-7-3-1-4-8-17/h9-10,13,17,19,21,23,25,30H,1-8,11-12,14-16H2,(H2,27,28,32)/t19-,21+,23-,25-/m0/s1. The highest BCUT2D eigenvalue weighted by Crippen LogP contribution is 2.47. The number of ether oxygens (including phenoxy) is 2. The highest BCUT2D eigenvalue weighted by molar-refractivity contribution is 5.89. The number of benzene rings is 1. The number of aliphatic hydroxyl groups excluding tert-OH is 1. The van der Waals surface area contributed by atoms with Gasteiger partial charge in [0.15, 0.2) is 0 Å². The van der Waals surface area contributed by atoms with E-state index in [9.17, 15) is 14.7 Å². The summed E-state index contributed by atoms with van der Waals surface area (Å²) in [5, 5.41) is 16.1. The van der Waals surface area contributed by atoms with Crippen molar-refractivity contribution in [3.63, 3.8) is 0 Å². The molecule has 0 spiro atoms. The molecule has 3 fully saturated rings. The molecule has 1 aromatic carbocycles. The van der Waals surface area contributed by atoms with Crippen molar-refractivity contribution in [2.24, 2.45) is 0 Å². The maximum Gasteiger partial charge on any atom is 0.319 e. The van der Waals surface area contributed by atoms with Gasteiger partial charge in [0.05, 0.1) is 19.1 Å². The Morgan fingerprint density at radius 2 is 1.82 bits per heavy atom. The number of amides is 3. The smallest absolute Gasteiger partial charge is 0.319 e. The first kappa shape index (κ1) is 23.4. The second-order valence-electron chi connectivity index (χ2n) is 10.2. The summed E-state index contributed by atoms with van der Waals surface area (Å²) < 4.78 is 12.3. The van der Waals surface area contributed by atoms with Crippen LogP contribution in [-0.2, 0) is 9.53 Å². The van der Waals surface area contributed by atoms with Gasteiger partial charge in [-0.05, 0) is 56.7 Å². The fourth-order valence-corrected chi connectivity index (χ4v) is 6.03. The molecule has 3 heterocycles. The van der Waals surface area contributed by atoms with E-state index >= 15 is 0 Å². The zero-order chi connectivity index (χ0) is 23.5. The molecular weight excluding hydrogens is 434 g/mol. The van der Waals surface area contributed by atoms with Crippen LogP contribution in [0.1, 0.15) is 75.7 Å². The molecule has 3 amide bonds. The van der Waals surface area contributed by atoms with Gasteiger partial charge in [0, 0.05) is 36.3 Å². The van der Waals surface area contributed by atoms with Crippen molar-refractivity contribution in [2.75, 3.05) is 25.0 Å². The van der Waals surface area contributed by atoms with Crippen LogP contribution in [0.15, 0.2) is 18.2 Å². The number of urea groups is 1. The number of nitrogens with one attached hydrogen (secondary N) is 2. The highest BCUT2D eigenvalue weighted by Gasteiger charge is 2.46. The SMILES string of the molecule is O=C(Nc1ccc2c(c1)[C@H]1C[C@@H](CC(=O)N3CCCCC3)O[C@@H](CO)[C@H]1O2)NC1CCCCC1. The van der Waals surface area contributed by atoms with E-state index in [-0.39, 0.29) is 42.7 Å². The van der Waals surface area contributed by atoms with Crippen molar-refractivity contribution in [2.45, 2.75) is 94.5 Å². The Balaban J connectivity index is 1.25. The quantitative estimate of drug-likeness (QED) is 0.610. The highest BCUT2D eigenvalue weighted by atomic mass is 16.6. The topological polar surface area (TPSA) is 100 Å². The summed E-state index contributed by atoms with van der Waals surface area (Å²) in [4.78, 5) is 27.3. The van der Waals surface area contributed by atoms with Gasteiger partial charge < -0.3 is 30.1 Å². The summed E-state index contributed by atoms with van der Waals surface area (Å²) in [6.07, 6.45) is 8.93. The lowest BCUT2D eigenvalue weighted by atomic mass is 9.84. The number of carbonyl (C=O) groups is 2. The molecular formula is C26H37N3O5. The van der Waals surface area contributed by atoms with E-state index in [2.05, 4.69) is 10.6 Å². The van der Waals surface area contributed by atoms with E-state index in [1.807, 2.05) is 23.1 Å². The zero-order valence-corrected chi connectivity index (χ0v) is 19.8. The Bertz CT molecular complexity index is 881. The lowest BCUT2D eigenvalue weighted by Gasteiger charge is -2.38.